The monoisotopic (exact) mass is 165 g/mol. The predicted octanol–water partition coefficient (Wildman–Crippen LogP) is 2.33. The van der Waals surface area contributed by atoms with Crippen LogP contribution in [0.2, 0.25) is 0 Å². The van der Waals surface area contributed by atoms with Crippen molar-refractivity contribution < 1.29 is 0 Å². The zero-order chi connectivity index (χ0) is 8.72. The number of hydrogen-bond donors (Lipinski definition) is 1. The average Bonchev–Trinajstić information content (AvgIpc) is 2.42. The van der Waals surface area contributed by atoms with Crippen LogP contribution in [-0.2, 0) is 0 Å². The molecule has 0 heterocycles. The van der Waals surface area contributed by atoms with E-state index >= 15 is 0 Å². The molecule has 0 bridgehead atoms. The average molecular weight is 165 g/mol. The summed E-state index contributed by atoms with van der Waals surface area (Å²) in [5, 5.41) is 0. The molecule has 0 aliphatic heterocycles. The van der Waals surface area contributed by atoms with Crippen molar-refractivity contribution in [2.24, 2.45) is 23.5 Å². The number of allylic oxidation sites excluding steroid dienone is 1. The number of fused-ring (bicyclic) bond motifs is 1. The second kappa shape index (κ2) is 2.88. The Labute approximate surface area is 75.0 Å². The molecule has 2 N–H and O–H groups in total. The molecule has 4 atom stereocenters. The minimum atomic E-state index is 0.441. The van der Waals surface area contributed by atoms with Gasteiger partial charge in [-0.1, -0.05) is 18.6 Å². The number of hydrogen-bond acceptors (Lipinski definition) is 1. The summed E-state index contributed by atoms with van der Waals surface area (Å²) in [5.74, 6) is 2.47. The van der Waals surface area contributed by atoms with Crippen LogP contribution in [0.5, 0.6) is 0 Å². The molecule has 0 radical (unpaired) electrons. The van der Waals surface area contributed by atoms with Gasteiger partial charge in [-0.25, -0.2) is 0 Å². The van der Waals surface area contributed by atoms with Crippen LogP contribution in [0, 0.1) is 17.8 Å². The van der Waals surface area contributed by atoms with E-state index in [1.165, 1.54) is 12.8 Å². The highest BCUT2D eigenvalue weighted by molar-refractivity contribution is 5.15. The lowest BCUT2D eigenvalue weighted by molar-refractivity contribution is 0.282. The van der Waals surface area contributed by atoms with Crippen molar-refractivity contribution in [2.75, 3.05) is 0 Å². The van der Waals surface area contributed by atoms with Gasteiger partial charge in [0.15, 0.2) is 0 Å². The molecule has 2 aliphatic carbocycles. The van der Waals surface area contributed by atoms with Gasteiger partial charge < -0.3 is 5.73 Å². The molecule has 1 heteroatoms. The van der Waals surface area contributed by atoms with E-state index < -0.39 is 0 Å². The van der Waals surface area contributed by atoms with Crippen molar-refractivity contribution in [3.8, 4) is 0 Å². The van der Waals surface area contributed by atoms with Crippen LogP contribution in [0.15, 0.2) is 11.6 Å². The van der Waals surface area contributed by atoms with Gasteiger partial charge in [0.25, 0.3) is 0 Å². The molecule has 0 amide bonds. The van der Waals surface area contributed by atoms with E-state index in [9.17, 15) is 0 Å². The molecule has 0 unspecified atom stereocenters. The fourth-order valence-corrected chi connectivity index (χ4v) is 3.11. The zero-order valence-electron chi connectivity index (χ0n) is 8.09. The van der Waals surface area contributed by atoms with E-state index in [0.29, 0.717) is 6.04 Å². The molecule has 0 aromatic rings. The van der Waals surface area contributed by atoms with Gasteiger partial charge in [0.1, 0.15) is 0 Å². The van der Waals surface area contributed by atoms with E-state index in [0.717, 1.165) is 24.2 Å². The van der Waals surface area contributed by atoms with Crippen molar-refractivity contribution in [3.05, 3.63) is 11.6 Å². The smallest absolute Gasteiger partial charge is 0.0110 e. The summed E-state index contributed by atoms with van der Waals surface area (Å²) in [6.45, 7) is 4.64. The van der Waals surface area contributed by atoms with Crippen LogP contribution >= 0.6 is 0 Å². The Morgan fingerprint density at radius 3 is 2.83 bits per heavy atom. The largest absolute Gasteiger partial charge is 0.327 e. The van der Waals surface area contributed by atoms with Crippen LogP contribution in [0.25, 0.3) is 0 Å². The lowest BCUT2D eigenvalue weighted by atomic mass is 9.75. The van der Waals surface area contributed by atoms with Gasteiger partial charge in [-0.05, 0) is 43.9 Å². The van der Waals surface area contributed by atoms with Gasteiger partial charge in [-0.2, -0.15) is 0 Å². The van der Waals surface area contributed by atoms with Gasteiger partial charge in [-0.3, -0.25) is 0 Å². The highest BCUT2D eigenvalue weighted by atomic mass is 14.7. The minimum Gasteiger partial charge on any atom is -0.327 e. The van der Waals surface area contributed by atoms with E-state index in [1.54, 1.807) is 5.57 Å². The lowest BCUT2D eigenvalue weighted by Crippen LogP contribution is -2.37. The Kier molecular flexibility index (Phi) is 1.99. The van der Waals surface area contributed by atoms with Crippen molar-refractivity contribution in [3.63, 3.8) is 0 Å². The quantitative estimate of drug-likeness (QED) is 0.548. The highest BCUT2D eigenvalue weighted by Crippen LogP contribution is 2.45. The summed E-state index contributed by atoms with van der Waals surface area (Å²) in [4.78, 5) is 0. The highest BCUT2D eigenvalue weighted by Gasteiger charge is 2.39. The maximum atomic E-state index is 6.13. The number of rotatable bonds is 0. The molecule has 1 fully saturated rings. The SMILES string of the molecule is CC1=CC[C@@H](N)[C@H]2[C@@H]1CC[C@@H]2C. The summed E-state index contributed by atoms with van der Waals surface area (Å²) in [6, 6.07) is 0.441. The third kappa shape index (κ3) is 1.11. The van der Waals surface area contributed by atoms with Gasteiger partial charge in [0.2, 0.25) is 0 Å². The molecular weight excluding hydrogens is 146 g/mol. The minimum absolute atomic E-state index is 0.441. The fourth-order valence-electron chi connectivity index (χ4n) is 3.11. The first-order valence-corrected chi connectivity index (χ1v) is 5.12. The fraction of sp³-hybridized carbons (Fsp3) is 0.818. The maximum Gasteiger partial charge on any atom is 0.0110 e. The van der Waals surface area contributed by atoms with Gasteiger partial charge >= 0.3 is 0 Å². The second-order valence-corrected chi connectivity index (χ2v) is 4.59. The van der Waals surface area contributed by atoms with E-state index in [4.69, 9.17) is 5.73 Å². The molecule has 1 nitrogen and oxygen atoms in total. The summed E-state index contributed by atoms with van der Waals surface area (Å²) in [7, 11) is 0. The summed E-state index contributed by atoms with van der Waals surface area (Å²) in [5.41, 5.74) is 7.73. The maximum absolute atomic E-state index is 6.13. The van der Waals surface area contributed by atoms with E-state index in [1.807, 2.05) is 0 Å². The Balaban J connectivity index is 2.23. The molecule has 1 saturated carbocycles. The Hall–Kier alpha value is -0.300. The molecule has 2 aliphatic rings. The first kappa shape index (κ1) is 8.31. The molecule has 12 heavy (non-hydrogen) atoms. The third-order valence-corrected chi connectivity index (χ3v) is 3.85. The first-order chi connectivity index (χ1) is 5.70. The van der Waals surface area contributed by atoms with Crippen molar-refractivity contribution >= 4 is 0 Å². The normalized spacial score (nSPS) is 47.1. The predicted molar refractivity (Wildman–Crippen MR) is 51.7 cm³/mol. The van der Waals surface area contributed by atoms with Crippen molar-refractivity contribution in [1.29, 1.82) is 0 Å². The summed E-state index contributed by atoms with van der Waals surface area (Å²) >= 11 is 0. The van der Waals surface area contributed by atoms with E-state index in [2.05, 4.69) is 19.9 Å². The Bertz CT molecular complexity index is 207. The molecular formula is C11H19N. The standard InChI is InChI=1S/C11H19N/c1-7-4-6-10(12)11-8(2)3-5-9(7)11/h4,8-11H,3,5-6,12H2,1-2H3/t8-,9+,10+,11+/m0/s1. The van der Waals surface area contributed by atoms with Crippen molar-refractivity contribution in [2.45, 2.75) is 39.2 Å². The van der Waals surface area contributed by atoms with Gasteiger partial charge in [-0.15, -0.1) is 0 Å². The van der Waals surface area contributed by atoms with E-state index in [-0.39, 0.29) is 0 Å². The van der Waals surface area contributed by atoms with Crippen LogP contribution in [0.1, 0.15) is 33.1 Å². The molecule has 0 saturated heterocycles. The Morgan fingerprint density at radius 2 is 2.17 bits per heavy atom. The molecule has 2 rings (SSSR count). The molecule has 0 spiro atoms. The summed E-state index contributed by atoms with van der Waals surface area (Å²) < 4.78 is 0. The zero-order valence-corrected chi connectivity index (χ0v) is 8.09. The van der Waals surface area contributed by atoms with Gasteiger partial charge in [0, 0.05) is 6.04 Å². The molecule has 0 aromatic heterocycles. The van der Waals surface area contributed by atoms with Crippen LogP contribution < -0.4 is 5.73 Å². The lowest BCUT2D eigenvalue weighted by Gasteiger charge is -2.33. The molecule has 0 aromatic carbocycles. The molecule has 68 valence electrons. The first-order valence-electron chi connectivity index (χ1n) is 5.12. The topological polar surface area (TPSA) is 26.0 Å². The Morgan fingerprint density at radius 1 is 1.42 bits per heavy atom. The third-order valence-electron chi connectivity index (χ3n) is 3.85. The van der Waals surface area contributed by atoms with Crippen LogP contribution in [-0.4, -0.2) is 6.04 Å². The van der Waals surface area contributed by atoms with Crippen LogP contribution in [0.4, 0.5) is 0 Å². The second-order valence-electron chi connectivity index (χ2n) is 4.59. The van der Waals surface area contributed by atoms with Gasteiger partial charge in [0.05, 0.1) is 0 Å². The summed E-state index contributed by atoms with van der Waals surface area (Å²) in [6.07, 6.45) is 6.22. The van der Waals surface area contributed by atoms with Crippen molar-refractivity contribution in [1.82, 2.24) is 0 Å². The number of nitrogens with two attached hydrogens (primary N) is 1. The van der Waals surface area contributed by atoms with Crippen LogP contribution in [0.3, 0.4) is 0 Å².